The molecule has 2 amide bonds. The normalized spacial score (nSPS) is 20.6. The number of rotatable bonds is 5. The van der Waals surface area contributed by atoms with Gasteiger partial charge in [-0.1, -0.05) is 0 Å². The molecule has 0 radical (unpaired) electrons. The van der Waals surface area contributed by atoms with E-state index in [0.717, 1.165) is 4.88 Å². The fraction of sp³-hybridized carbons (Fsp3) is 0.533. The Balaban J connectivity index is 1.72. The smallest absolute Gasteiger partial charge is 0.348 e. The molecule has 2 rings (SSSR count). The van der Waals surface area contributed by atoms with Gasteiger partial charge < -0.3 is 20.5 Å². The standard InChI is InChI=1S/C15H20N2O5S/c1-22-14(20)12-7-6-11(23-12)8-16-15(21)17-10-4-2-9(3-5-10)13(18)19/h6-7,9-10H,2-5,8H2,1H3,(H,18,19)(H2,16,17,21). The molecule has 0 aromatic carbocycles. The van der Waals surface area contributed by atoms with Crippen molar-refractivity contribution in [1.29, 1.82) is 0 Å². The van der Waals surface area contributed by atoms with Gasteiger partial charge in [-0.25, -0.2) is 9.59 Å². The number of esters is 1. The lowest BCUT2D eigenvalue weighted by Crippen LogP contribution is -2.43. The van der Waals surface area contributed by atoms with E-state index in [1.807, 2.05) is 0 Å². The van der Waals surface area contributed by atoms with E-state index < -0.39 is 5.97 Å². The molecule has 0 aliphatic heterocycles. The zero-order valence-electron chi connectivity index (χ0n) is 12.8. The molecule has 3 N–H and O–H groups in total. The highest BCUT2D eigenvalue weighted by molar-refractivity contribution is 7.13. The lowest BCUT2D eigenvalue weighted by molar-refractivity contribution is -0.142. The van der Waals surface area contributed by atoms with Gasteiger partial charge in [-0.2, -0.15) is 0 Å². The number of hydrogen-bond acceptors (Lipinski definition) is 5. The number of nitrogens with one attached hydrogen (secondary N) is 2. The second-order valence-electron chi connectivity index (χ2n) is 5.47. The van der Waals surface area contributed by atoms with Crippen LogP contribution in [0.5, 0.6) is 0 Å². The van der Waals surface area contributed by atoms with Crippen molar-refractivity contribution in [2.24, 2.45) is 5.92 Å². The summed E-state index contributed by atoms with van der Waals surface area (Å²) in [5.41, 5.74) is 0. The molecule has 7 nitrogen and oxygen atoms in total. The van der Waals surface area contributed by atoms with Crippen molar-refractivity contribution in [3.8, 4) is 0 Å². The van der Waals surface area contributed by atoms with Crippen molar-refractivity contribution in [2.75, 3.05) is 7.11 Å². The summed E-state index contributed by atoms with van der Waals surface area (Å²) in [7, 11) is 1.33. The average molecular weight is 340 g/mol. The molecule has 1 aliphatic rings. The van der Waals surface area contributed by atoms with Gasteiger partial charge in [0.15, 0.2) is 0 Å². The van der Waals surface area contributed by atoms with Crippen LogP contribution in [0, 0.1) is 5.92 Å². The van der Waals surface area contributed by atoms with Crippen molar-refractivity contribution < 1.29 is 24.2 Å². The van der Waals surface area contributed by atoms with Gasteiger partial charge in [-0.3, -0.25) is 4.79 Å². The van der Waals surface area contributed by atoms with Crippen LogP contribution >= 0.6 is 11.3 Å². The van der Waals surface area contributed by atoms with E-state index in [1.54, 1.807) is 12.1 Å². The number of ether oxygens (including phenoxy) is 1. The van der Waals surface area contributed by atoms with Crippen molar-refractivity contribution >= 4 is 29.3 Å². The largest absolute Gasteiger partial charge is 0.481 e. The molecule has 1 saturated carbocycles. The van der Waals surface area contributed by atoms with E-state index in [2.05, 4.69) is 15.4 Å². The monoisotopic (exact) mass is 340 g/mol. The number of aliphatic carboxylic acids is 1. The summed E-state index contributed by atoms with van der Waals surface area (Å²) in [5.74, 6) is -1.44. The first kappa shape index (κ1) is 17.3. The van der Waals surface area contributed by atoms with Crippen LogP contribution in [0.1, 0.15) is 40.2 Å². The number of carbonyl (C=O) groups is 3. The number of carboxylic acids is 1. The van der Waals surface area contributed by atoms with Crippen LogP contribution in [-0.4, -0.2) is 36.2 Å². The molecule has 1 fully saturated rings. The fourth-order valence-corrected chi connectivity index (χ4v) is 3.44. The van der Waals surface area contributed by atoms with Crippen LogP contribution in [-0.2, 0) is 16.1 Å². The third-order valence-corrected chi connectivity index (χ3v) is 4.95. The quantitative estimate of drug-likeness (QED) is 0.711. The Kier molecular flexibility index (Phi) is 5.97. The maximum absolute atomic E-state index is 11.9. The molecular weight excluding hydrogens is 320 g/mol. The molecule has 1 aromatic rings. The van der Waals surface area contributed by atoms with Crippen molar-refractivity contribution in [2.45, 2.75) is 38.3 Å². The Hall–Kier alpha value is -2.09. The fourth-order valence-electron chi connectivity index (χ4n) is 2.57. The SMILES string of the molecule is COC(=O)c1ccc(CNC(=O)NC2CCC(C(=O)O)CC2)s1. The van der Waals surface area contributed by atoms with E-state index in [1.165, 1.54) is 18.4 Å². The zero-order valence-corrected chi connectivity index (χ0v) is 13.6. The lowest BCUT2D eigenvalue weighted by atomic mass is 9.86. The van der Waals surface area contributed by atoms with Crippen LogP contribution in [0.4, 0.5) is 4.79 Å². The Morgan fingerprint density at radius 3 is 2.57 bits per heavy atom. The Labute approximate surface area is 138 Å². The van der Waals surface area contributed by atoms with Gasteiger partial charge in [-0.15, -0.1) is 11.3 Å². The predicted octanol–water partition coefficient (Wildman–Crippen LogP) is 1.98. The van der Waals surface area contributed by atoms with Gasteiger partial charge in [0.25, 0.3) is 0 Å². The topological polar surface area (TPSA) is 105 Å². The minimum atomic E-state index is -0.757. The summed E-state index contributed by atoms with van der Waals surface area (Å²) in [5, 5.41) is 14.5. The molecule has 0 atom stereocenters. The molecule has 1 aromatic heterocycles. The van der Waals surface area contributed by atoms with Gasteiger partial charge in [0.2, 0.25) is 0 Å². The van der Waals surface area contributed by atoms with Gasteiger partial charge in [0.05, 0.1) is 19.6 Å². The summed E-state index contributed by atoms with van der Waals surface area (Å²) >= 11 is 1.27. The molecule has 23 heavy (non-hydrogen) atoms. The van der Waals surface area contributed by atoms with Gasteiger partial charge in [0.1, 0.15) is 4.88 Å². The minimum Gasteiger partial charge on any atom is -0.481 e. The molecule has 1 heterocycles. The predicted molar refractivity (Wildman–Crippen MR) is 84.4 cm³/mol. The van der Waals surface area contributed by atoms with Crippen LogP contribution < -0.4 is 10.6 Å². The van der Waals surface area contributed by atoms with Gasteiger partial charge in [0, 0.05) is 10.9 Å². The molecular formula is C15H20N2O5S. The number of methoxy groups -OCH3 is 1. The van der Waals surface area contributed by atoms with Crippen LogP contribution in [0.15, 0.2) is 12.1 Å². The second-order valence-corrected chi connectivity index (χ2v) is 6.64. The number of urea groups is 1. The molecule has 0 unspecified atom stereocenters. The average Bonchev–Trinajstić information content (AvgIpc) is 3.01. The summed E-state index contributed by atoms with van der Waals surface area (Å²) < 4.78 is 4.63. The van der Waals surface area contributed by atoms with Crippen LogP contribution in [0.25, 0.3) is 0 Å². The number of carbonyl (C=O) groups excluding carboxylic acids is 2. The second kappa shape index (κ2) is 7.96. The van der Waals surface area contributed by atoms with Crippen molar-refractivity contribution in [3.05, 3.63) is 21.9 Å². The lowest BCUT2D eigenvalue weighted by Gasteiger charge is -2.26. The third-order valence-electron chi connectivity index (χ3n) is 3.88. The highest BCUT2D eigenvalue weighted by atomic mass is 32.1. The maximum atomic E-state index is 11.9. The summed E-state index contributed by atoms with van der Waals surface area (Å²) in [6.45, 7) is 0.331. The first-order chi connectivity index (χ1) is 11.0. The number of amides is 2. The number of thiophene rings is 1. The van der Waals surface area contributed by atoms with Crippen LogP contribution in [0.3, 0.4) is 0 Å². The molecule has 0 saturated heterocycles. The Bertz CT molecular complexity index is 578. The van der Waals surface area contributed by atoms with E-state index in [9.17, 15) is 14.4 Å². The Morgan fingerprint density at radius 1 is 1.26 bits per heavy atom. The minimum absolute atomic E-state index is 0.0135. The number of hydrogen-bond donors (Lipinski definition) is 3. The highest BCUT2D eigenvalue weighted by Gasteiger charge is 2.26. The van der Waals surface area contributed by atoms with E-state index in [-0.39, 0.29) is 24.0 Å². The van der Waals surface area contributed by atoms with E-state index in [4.69, 9.17) is 5.11 Å². The van der Waals surface area contributed by atoms with E-state index >= 15 is 0 Å². The molecule has 0 bridgehead atoms. The summed E-state index contributed by atoms with van der Waals surface area (Å²) in [4.78, 5) is 35.5. The van der Waals surface area contributed by atoms with Crippen molar-refractivity contribution in [1.82, 2.24) is 10.6 Å². The first-order valence-corrected chi connectivity index (χ1v) is 8.25. The highest BCUT2D eigenvalue weighted by Crippen LogP contribution is 2.24. The van der Waals surface area contributed by atoms with E-state index in [0.29, 0.717) is 37.1 Å². The van der Waals surface area contributed by atoms with Crippen LogP contribution in [0.2, 0.25) is 0 Å². The van der Waals surface area contributed by atoms with Gasteiger partial charge in [-0.05, 0) is 37.8 Å². The molecule has 126 valence electrons. The molecule has 1 aliphatic carbocycles. The zero-order chi connectivity index (χ0) is 16.8. The maximum Gasteiger partial charge on any atom is 0.348 e. The summed E-state index contributed by atoms with van der Waals surface area (Å²) in [6.07, 6.45) is 2.53. The Morgan fingerprint density at radius 2 is 1.96 bits per heavy atom. The third kappa shape index (κ3) is 4.95. The summed E-state index contributed by atoms with van der Waals surface area (Å²) in [6, 6.07) is 3.17. The first-order valence-electron chi connectivity index (χ1n) is 7.43. The number of carboxylic acid groups (broad SMARTS) is 1. The van der Waals surface area contributed by atoms with Gasteiger partial charge >= 0.3 is 18.0 Å². The molecule has 8 heteroatoms. The molecule has 0 spiro atoms. The van der Waals surface area contributed by atoms with Crippen molar-refractivity contribution in [3.63, 3.8) is 0 Å².